The highest BCUT2D eigenvalue weighted by molar-refractivity contribution is 7.18. The van der Waals surface area contributed by atoms with E-state index in [0.717, 1.165) is 40.7 Å². The van der Waals surface area contributed by atoms with Crippen LogP contribution in [-0.2, 0) is 0 Å². The maximum absolute atomic E-state index is 4.64. The Morgan fingerprint density at radius 1 is 1.00 bits per heavy atom. The summed E-state index contributed by atoms with van der Waals surface area (Å²) < 4.78 is 1.18. The van der Waals surface area contributed by atoms with Crippen molar-refractivity contribution in [3.63, 3.8) is 0 Å². The lowest BCUT2D eigenvalue weighted by molar-refractivity contribution is 0.425. The van der Waals surface area contributed by atoms with E-state index in [1.807, 2.05) is 57.4 Å². The molecule has 0 aliphatic carbocycles. The van der Waals surface area contributed by atoms with Gasteiger partial charge < -0.3 is 15.5 Å². The van der Waals surface area contributed by atoms with E-state index in [9.17, 15) is 0 Å². The molecule has 0 atom stereocenters. The molecule has 0 saturated carbocycles. The average molecular weight is 406 g/mol. The lowest BCUT2D eigenvalue weighted by Crippen LogP contribution is -2.21. The molecule has 29 heavy (non-hydrogen) atoms. The lowest BCUT2D eigenvalue weighted by atomic mass is 10.2. The fraction of sp³-hybridized carbons (Fsp3) is 0.238. The monoisotopic (exact) mass is 405 g/mol. The Kier molecular flexibility index (Phi) is 5.64. The number of pyridine rings is 1. The van der Waals surface area contributed by atoms with E-state index in [4.69, 9.17) is 0 Å². The van der Waals surface area contributed by atoms with Crippen LogP contribution in [0, 0.1) is 6.92 Å². The van der Waals surface area contributed by atoms with E-state index in [0.29, 0.717) is 11.8 Å². The SMILES string of the molecule is Cc1nc2cc(Nc3cc(-c4ccccn4)nc(NCCN(C)C)n3)ccc2s1. The number of aryl methyl sites for hydroxylation is 1. The van der Waals surface area contributed by atoms with Gasteiger partial charge in [0.05, 0.1) is 26.6 Å². The fourth-order valence-electron chi connectivity index (χ4n) is 2.90. The summed E-state index contributed by atoms with van der Waals surface area (Å²) in [6.45, 7) is 3.66. The molecule has 4 aromatic rings. The largest absolute Gasteiger partial charge is 0.353 e. The molecule has 0 amide bonds. The third-order valence-corrected chi connectivity index (χ3v) is 5.21. The first-order valence-corrected chi connectivity index (χ1v) is 10.2. The number of hydrogen-bond acceptors (Lipinski definition) is 8. The maximum Gasteiger partial charge on any atom is 0.225 e. The highest BCUT2D eigenvalue weighted by atomic mass is 32.1. The first kappa shape index (κ1) is 19.2. The maximum atomic E-state index is 4.64. The molecule has 3 heterocycles. The number of hydrogen-bond donors (Lipinski definition) is 2. The number of benzene rings is 1. The fourth-order valence-corrected chi connectivity index (χ4v) is 3.70. The zero-order chi connectivity index (χ0) is 20.2. The minimum atomic E-state index is 0.572. The van der Waals surface area contributed by atoms with Gasteiger partial charge in [-0.1, -0.05) is 6.07 Å². The molecule has 0 spiro atoms. The molecule has 8 heteroatoms. The Balaban J connectivity index is 1.64. The first-order chi connectivity index (χ1) is 14.1. The van der Waals surface area contributed by atoms with Crippen LogP contribution in [0.3, 0.4) is 0 Å². The van der Waals surface area contributed by atoms with Gasteiger partial charge in [-0.05, 0) is 51.4 Å². The Morgan fingerprint density at radius 3 is 2.69 bits per heavy atom. The summed E-state index contributed by atoms with van der Waals surface area (Å²) >= 11 is 1.69. The van der Waals surface area contributed by atoms with E-state index in [1.165, 1.54) is 4.70 Å². The molecule has 0 aliphatic rings. The summed E-state index contributed by atoms with van der Waals surface area (Å²) in [4.78, 5) is 20.4. The number of nitrogens with one attached hydrogen (secondary N) is 2. The Bertz CT molecular complexity index is 1110. The molecule has 148 valence electrons. The van der Waals surface area contributed by atoms with Crippen LogP contribution in [0.1, 0.15) is 5.01 Å². The molecule has 3 aromatic heterocycles. The topological polar surface area (TPSA) is 78.9 Å². The van der Waals surface area contributed by atoms with E-state index in [1.54, 1.807) is 17.5 Å². The lowest BCUT2D eigenvalue weighted by Gasteiger charge is -2.13. The van der Waals surface area contributed by atoms with Crippen LogP contribution < -0.4 is 10.6 Å². The van der Waals surface area contributed by atoms with Gasteiger partial charge in [0.2, 0.25) is 5.95 Å². The molecule has 0 bridgehead atoms. The van der Waals surface area contributed by atoms with Crippen molar-refractivity contribution >= 4 is 39.0 Å². The Hall–Kier alpha value is -3.10. The molecule has 0 fully saturated rings. The van der Waals surface area contributed by atoms with Gasteiger partial charge >= 0.3 is 0 Å². The zero-order valence-electron chi connectivity index (χ0n) is 16.7. The standard InChI is InChI=1S/C21H23N7S/c1-14-24-18-12-15(7-8-19(18)29-14)25-20-13-17(16-6-4-5-9-22-16)26-21(27-20)23-10-11-28(2)3/h4-9,12-13H,10-11H2,1-3H3,(H2,23,25,26,27). The third-order valence-electron chi connectivity index (χ3n) is 4.26. The number of likely N-dealkylation sites (N-methyl/N-ethyl adjacent to an activating group) is 1. The van der Waals surface area contributed by atoms with Crippen molar-refractivity contribution in [1.29, 1.82) is 0 Å². The minimum absolute atomic E-state index is 0.572. The second-order valence-corrected chi connectivity index (χ2v) is 8.18. The predicted octanol–water partition coefficient (Wildman–Crippen LogP) is 4.17. The number of rotatable bonds is 7. The van der Waals surface area contributed by atoms with Crippen LogP contribution in [0.5, 0.6) is 0 Å². The highest BCUT2D eigenvalue weighted by Crippen LogP contribution is 2.27. The van der Waals surface area contributed by atoms with Gasteiger partial charge in [-0.15, -0.1) is 11.3 Å². The van der Waals surface area contributed by atoms with Crippen LogP contribution >= 0.6 is 11.3 Å². The quantitative estimate of drug-likeness (QED) is 0.478. The van der Waals surface area contributed by atoms with Crippen molar-refractivity contribution in [2.75, 3.05) is 37.8 Å². The third kappa shape index (κ3) is 4.85. The van der Waals surface area contributed by atoms with Gasteiger partial charge in [0.1, 0.15) is 5.82 Å². The normalized spacial score (nSPS) is 11.2. The predicted molar refractivity (Wildman–Crippen MR) is 120 cm³/mol. The average Bonchev–Trinajstić information content (AvgIpc) is 3.07. The van der Waals surface area contributed by atoms with E-state index < -0.39 is 0 Å². The summed E-state index contributed by atoms with van der Waals surface area (Å²) in [7, 11) is 4.08. The summed E-state index contributed by atoms with van der Waals surface area (Å²) in [6.07, 6.45) is 1.77. The molecular formula is C21H23N7S. The molecule has 1 aromatic carbocycles. The van der Waals surface area contributed by atoms with Crippen LogP contribution in [0.4, 0.5) is 17.5 Å². The molecule has 0 unspecified atom stereocenters. The van der Waals surface area contributed by atoms with Crippen molar-refractivity contribution in [2.45, 2.75) is 6.92 Å². The highest BCUT2D eigenvalue weighted by Gasteiger charge is 2.09. The number of aromatic nitrogens is 4. The molecule has 0 aliphatic heterocycles. The van der Waals surface area contributed by atoms with Gasteiger partial charge in [-0.25, -0.2) is 9.97 Å². The molecule has 0 radical (unpaired) electrons. The van der Waals surface area contributed by atoms with E-state index in [-0.39, 0.29) is 0 Å². The first-order valence-electron chi connectivity index (χ1n) is 9.40. The molecule has 2 N–H and O–H groups in total. The molecule has 0 saturated heterocycles. The van der Waals surface area contributed by atoms with Crippen LogP contribution in [-0.4, -0.2) is 52.0 Å². The zero-order valence-corrected chi connectivity index (χ0v) is 17.5. The van der Waals surface area contributed by atoms with Gasteiger partial charge in [-0.3, -0.25) is 4.98 Å². The molecular weight excluding hydrogens is 382 g/mol. The number of nitrogens with zero attached hydrogens (tertiary/aromatic N) is 5. The van der Waals surface area contributed by atoms with Gasteiger partial charge in [0, 0.05) is 31.0 Å². The summed E-state index contributed by atoms with van der Waals surface area (Å²) in [5, 5.41) is 7.75. The van der Waals surface area contributed by atoms with Crippen LogP contribution in [0.2, 0.25) is 0 Å². The van der Waals surface area contributed by atoms with Crippen molar-refractivity contribution in [1.82, 2.24) is 24.8 Å². The Morgan fingerprint density at radius 2 is 1.90 bits per heavy atom. The number of anilines is 3. The second kappa shape index (κ2) is 8.50. The van der Waals surface area contributed by atoms with Crippen molar-refractivity contribution in [3.05, 3.63) is 53.7 Å². The van der Waals surface area contributed by atoms with E-state index in [2.05, 4.69) is 41.5 Å². The number of fused-ring (bicyclic) bond motifs is 1. The molecule has 7 nitrogen and oxygen atoms in total. The Labute approximate surface area is 173 Å². The summed E-state index contributed by atoms with van der Waals surface area (Å²) in [6, 6.07) is 13.9. The van der Waals surface area contributed by atoms with Crippen LogP contribution in [0.15, 0.2) is 48.7 Å². The summed E-state index contributed by atoms with van der Waals surface area (Å²) in [5.74, 6) is 1.28. The minimum Gasteiger partial charge on any atom is -0.353 e. The second-order valence-electron chi connectivity index (χ2n) is 6.95. The number of thiazole rings is 1. The van der Waals surface area contributed by atoms with Crippen molar-refractivity contribution in [3.8, 4) is 11.4 Å². The molecule has 4 rings (SSSR count). The van der Waals surface area contributed by atoms with Gasteiger partial charge in [0.15, 0.2) is 0 Å². The van der Waals surface area contributed by atoms with Gasteiger partial charge in [0.25, 0.3) is 0 Å². The smallest absolute Gasteiger partial charge is 0.225 e. The van der Waals surface area contributed by atoms with Crippen molar-refractivity contribution < 1.29 is 0 Å². The summed E-state index contributed by atoms with van der Waals surface area (Å²) in [5.41, 5.74) is 3.49. The van der Waals surface area contributed by atoms with Crippen LogP contribution in [0.25, 0.3) is 21.6 Å². The van der Waals surface area contributed by atoms with Gasteiger partial charge in [-0.2, -0.15) is 4.98 Å². The van der Waals surface area contributed by atoms with E-state index >= 15 is 0 Å². The van der Waals surface area contributed by atoms with Crippen molar-refractivity contribution in [2.24, 2.45) is 0 Å².